The van der Waals surface area contributed by atoms with Gasteiger partial charge in [-0.25, -0.2) is 14.3 Å². The molecule has 10 heteroatoms. The number of rotatable bonds is 3. The molecular formula is C17H9Cl3N4O3. The van der Waals surface area contributed by atoms with Crippen LogP contribution < -0.4 is 5.73 Å². The number of carbonyl (C=O) groups excluding carboxylic acids is 1. The Balaban J connectivity index is 2.07. The van der Waals surface area contributed by atoms with Gasteiger partial charge in [0, 0.05) is 0 Å². The molecule has 1 aromatic carbocycles. The summed E-state index contributed by atoms with van der Waals surface area (Å²) in [5.41, 5.74) is 4.90. The molecule has 0 saturated heterocycles. The Bertz CT molecular complexity index is 1160. The molecule has 136 valence electrons. The summed E-state index contributed by atoms with van der Waals surface area (Å²) in [7, 11) is 0. The van der Waals surface area contributed by atoms with E-state index in [0.29, 0.717) is 5.56 Å². The lowest BCUT2D eigenvalue weighted by Crippen LogP contribution is -2.24. The van der Waals surface area contributed by atoms with Gasteiger partial charge in [-0.2, -0.15) is 0 Å². The topological polar surface area (TPSA) is 111 Å². The van der Waals surface area contributed by atoms with E-state index in [2.05, 4.69) is 9.97 Å². The SMILES string of the molecule is NC(=O)n1c(-c2c(Cl)cccc2Cl)nc2cnc(C3(C(=O)O)C=C3)c(Cl)c21. The van der Waals surface area contributed by atoms with E-state index in [1.807, 2.05) is 0 Å². The maximum Gasteiger partial charge on any atom is 0.325 e. The van der Waals surface area contributed by atoms with Gasteiger partial charge in [0.2, 0.25) is 0 Å². The van der Waals surface area contributed by atoms with Crippen LogP contribution in [0.3, 0.4) is 0 Å². The molecule has 4 rings (SSSR count). The van der Waals surface area contributed by atoms with Crippen LogP contribution in [-0.2, 0) is 10.2 Å². The molecule has 1 amide bonds. The number of aliphatic carboxylic acids is 1. The molecule has 1 aliphatic rings. The van der Waals surface area contributed by atoms with Gasteiger partial charge in [-0.3, -0.25) is 9.78 Å². The summed E-state index contributed by atoms with van der Waals surface area (Å²) >= 11 is 18.9. The predicted octanol–water partition coefficient (Wildman–Crippen LogP) is 3.88. The van der Waals surface area contributed by atoms with E-state index < -0.39 is 17.4 Å². The van der Waals surface area contributed by atoms with Crippen LogP contribution in [0.25, 0.3) is 22.4 Å². The van der Waals surface area contributed by atoms with Gasteiger partial charge in [0.1, 0.15) is 16.4 Å². The van der Waals surface area contributed by atoms with Crippen LogP contribution in [0, 0.1) is 0 Å². The number of aromatic nitrogens is 3. The fourth-order valence-corrected chi connectivity index (χ4v) is 3.85. The fraction of sp³-hybridized carbons (Fsp3) is 0.0588. The second-order valence-electron chi connectivity index (χ2n) is 5.87. The Morgan fingerprint density at radius 3 is 2.30 bits per heavy atom. The van der Waals surface area contributed by atoms with Crippen molar-refractivity contribution < 1.29 is 14.7 Å². The third kappa shape index (κ3) is 2.50. The van der Waals surface area contributed by atoms with Crippen LogP contribution in [-0.4, -0.2) is 31.6 Å². The van der Waals surface area contributed by atoms with Gasteiger partial charge < -0.3 is 10.8 Å². The highest BCUT2D eigenvalue weighted by atomic mass is 35.5. The number of nitrogens with zero attached hydrogens (tertiary/aromatic N) is 3. The second kappa shape index (κ2) is 5.95. The van der Waals surface area contributed by atoms with E-state index >= 15 is 0 Å². The minimum atomic E-state index is -1.40. The van der Waals surface area contributed by atoms with E-state index in [4.69, 9.17) is 40.5 Å². The molecule has 0 radical (unpaired) electrons. The maximum absolute atomic E-state index is 12.2. The lowest BCUT2D eigenvalue weighted by Gasteiger charge is -2.13. The Hall–Kier alpha value is -2.61. The minimum absolute atomic E-state index is 0.0411. The number of carboxylic acids is 1. The highest BCUT2D eigenvalue weighted by molar-refractivity contribution is 6.39. The molecule has 3 N–H and O–H groups in total. The normalized spacial score (nSPS) is 14.5. The molecule has 3 aromatic rings. The zero-order chi connectivity index (χ0) is 19.5. The Morgan fingerprint density at radius 2 is 1.78 bits per heavy atom. The van der Waals surface area contributed by atoms with E-state index in [1.165, 1.54) is 18.3 Å². The average Bonchev–Trinajstić information content (AvgIpc) is 3.30. The van der Waals surface area contributed by atoms with Crippen LogP contribution >= 0.6 is 34.8 Å². The molecule has 2 aromatic heterocycles. The Labute approximate surface area is 167 Å². The first kappa shape index (κ1) is 17.8. The summed E-state index contributed by atoms with van der Waals surface area (Å²) < 4.78 is 1.05. The number of pyridine rings is 1. The highest BCUT2D eigenvalue weighted by Gasteiger charge is 2.48. The summed E-state index contributed by atoms with van der Waals surface area (Å²) in [4.78, 5) is 32.3. The van der Waals surface area contributed by atoms with Crippen molar-refractivity contribution in [3.63, 3.8) is 0 Å². The molecule has 7 nitrogen and oxygen atoms in total. The van der Waals surface area contributed by atoms with Crippen molar-refractivity contribution in [3.8, 4) is 11.4 Å². The van der Waals surface area contributed by atoms with Gasteiger partial charge in [0.25, 0.3) is 0 Å². The van der Waals surface area contributed by atoms with Gasteiger partial charge in [-0.1, -0.05) is 53.0 Å². The predicted molar refractivity (Wildman–Crippen MR) is 101 cm³/mol. The monoisotopic (exact) mass is 422 g/mol. The number of halogens is 3. The molecule has 0 spiro atoms. The number of primary amides is 1. The van der Waals surface area contributed by atoms with Crippen molar-refractivity contribution in [2.75, 3.05) is 0 Å². The molecule has 2 heterocycles. The maximum atomic E-state index is 12.2. The average molecular weight is 424 g/mol. The minimum Gasteiger partial charge on any atom is -0.480 e. The summed E-state index contributed by atoms with van der Waals surface area (Å²) in [6.45, 7) is 0. The number of fused-ring (bicyclic) bond motifs is 1. The van der Waals surface area contributed by atoms with Crippen molar-refractivity contribution in [2.24, 2.45) is 5.73 Å². The Kier molecular flexibility index (Phi) is 3.92. The molecule has 0 unspecified atom stereocenters. The standard InChI is InChI=1S/C17H9Cl3N4O3/c18-7-2-1-3-8(19)10(7)14-23-9-6-22-13(17(4-5-17)15(25)26)11(20)12(9)24(14)16(21)27/h1-6H,(H2,21,27)(H,25,26). The number of hydrogen-bond donors (Lipinski definition) is 2. The lowest BCUT2D eigenvalue weighted by atomic mass is 9.99. The van der Waals surface area contributed by atoms with Crippen LogP contribution in [0.5, 0.6) is 0 Å². The number of imidazole rings is 1. The smallest absolute Gasteiger partial charge is 0.325 e. The molecule has 0 bridgehead atoms. The van der Waals surface area contributed by atoms with Crippen molar-refractivity contribution in [1.29, 1.82) is 0 Å². The first-order valence-electron chi connectivity index (χ1n) is 7.53. The first-order valence-corrected chi connectivity index (χ1v) is 8.66. The van der Waals surface area contributed by atoms with Gasteiger partial charge in [-0.05, 0) is 12.1 Å². The number of benzene rings is 1. The largest absolute Gasteiger partial charge is 0.480 e. The zero-order valence-corrected chi connectivity index (χ0v) is 15.5. The van der Waals surface area contributed by atoms with Gasteiger partial charge in [0.05, 0.1) is 32.5 Å². The summed E-state index contributed by atoms with van der Waals surface area (Å²) in [6, 6.07) is 3.95. The van der Waals surface area contributed by atoms with Crippen molar-refractivity contribution in [2.45, 2.75) is 5.41 Å². The number of nitrogens with two attached hydrogens (primary N) is 1. The Morgan fingerprint density at radius 1 is 1.15 bits per heavy atom. The van der Waals surface area contributed by atoms with E-state index in [0.717, 1.165) is 4.57 Å². The highest BCUT2D eigenvalue weighted by Crippen LogP contribution is 2.44. The third-order valence-electron chi connectivity index (χ3n) is 4.29. The number of hydrogen-bond acceptors (Lipinski definition) is 4. The molecule has 27 heavy (non-hydrogen) atoms. The van der Waals surface area contributed by atoms with Crippen LogP contribution in [0.4, 0.5) is 4.79 Å². The van der Waals surface area contributed by atoms with Crippen molar-refractivity contribution >= 4 is 57.8 Å². The van der Waals surface area contributed by atoms with Crippen LogP contribution in [0.2, 0.25) is 15.1 Å². The second-order valence-corrected chi connectivity index (χ2v) is 7.06. The summed E-state index contributed by atoms with van der Waals surface area (Å²) in [5.74, 6) is -1.04. The lowest BCUT2D eigenvalue weighted by molar-refractivity contribution is -0.139. The zero-order valence-electron chi connectivity index (χ0n) is 13.3. The first-order chi connectivity index (χ1) is 12.8. The van der Waals surface area contributed by atoms with Crippen molar-refractivity contribution in [3.05, 3.63) is 57.3 Å². The molecule has 0 fully saturated rings. The van der Waals surface area contributed by atoms with Gasteiger partial charge in [0.15, 0.2) is 5.82 Å². The van der Waals surface area contributed by atoms with Crippen molar-refractivity contribution in [1.82, 2.24) is 14.5 Å². The number of carboxylic acid groups (broad SMARTS) is 1. The third-order valence-corrected chi connectivity index (χ3v) is 5.28. The van der Waals surface area contributed by atoms with Crippen LogP contribution in [0.1, 0.15) is 5.69 Å². The molecule has 0 atom stereocenters. The molecule has 0 saturated carbocycles. The fourth-order valence-electron chi connectivity index (χ4n) is 2.90. The quantitative estimate of drug-likeness (QED) is 0.621. The molecular weight excluding hydrogens is 415 g/mol. The van der Waals surface area contributed by atoms with Gasteiger partial charge >= 0.3 is 12.0 Å². The molecule has 0 aliphatic heterocycles. The number of carbonyl (C=O) groups is 2. The molecule has 1 aliphatic carbocycles. The van der Waals surface area contributed by atoms with E-state index in [1.54, 1.807) is 18.2 Å². The summed E-state index contributed by atoms with van der Waals surface area (Å²) in [6.07, 6.45) is 4.23. The van der Waals surface area contributed by atoms with E-state index in [-0.39, 0.29) is 37.6 Å². The summed E-state index contributed by atoms with van der Waals surface area (Å²) in [5, 5.41) is 9.96. The van der Waals surface area contributed by atoms with Gasteiger partial charge in [-0.15, -0.1) is 0 Å². The van der Waals surface area contributed by atoms with E-state index in [9.17, 15) is 14.7 Å². The number of amides is 1. The van der Waals surface area contributed by atoms with Crippen LogP contribution in [0.15, 0.2) is 36.5 Å².